The molecule has 5 nitrogen and oxygen atoms in total. The average molecular weight is 323 g/mol. The number of amides is 1. The van der Waals surface area contributed by atoms with Crippen LogP contribution in [0.25, 0.3) is 0 Å². The summed E-state index contributed by atoms with van der Waals surface area (Å²) in [6.07, 6.45) is 1.60. The van der Waals surface area contributed by atoms with Gasteiger partial charge in [0.15, 0.2) is 5.69 Å². The fourth-order valence-corrected chi connectivity index (χ4v) is 2.12. The summed E-state index contributed by atoms with van der Waals surface area (Å²) >= 11 is 3.49. The van der Waals surface area contributed by atoms with E-state index in [1.54, 1.807) is 13.2 Å². The molecule has 100 valence electrons. The second kappa shape index (κ2) is 5.05. The van der Waals surface area contributed by atoms with Gasteiger partial charge in [-0.1, -0.05) is 15.9 Å². The molecule has 0 aliphatic rings. The predicted octanol–water partition coefficient (Wildman–Crippen LogP) is 2.63. The number of nitrogens with zero attached hydrogens (tertiary/aromatic N) is 2. The minimum absolute atomic E-state index is 0.237. The monoisotopic (exact) mass is 322 g/mol. The number of nitrogens with one attached hydrogen (secondary N) is 1. The lowest BCUT2D eigenvalue weighted by Crippen LogP contribution is -2.14. The molecule has 1 heterocycles. The lowest BCUT2D eigenvalue weighted by Gasteiger charge is -2.09. The number of carbonyl (C=O) groups is 1. The molecule has 2 rings (SSSR count). The smallest absolute Gasteiger partial charge is 0.278 e. The minimum atomic E-state index is -0.306. The molecule has 0 aliphatic heterocycles. The summed E-state index contributed by atoms with van der Waals surface area (Å²) in [6.45, 7) is 3.95. The van der Waals surface area contributed by atoms with E-state index >= 15 is 0 Å². The van der Waals surface area contributed by atoms with Crippen LogP contribution in [0.15, 0.2) is 22.8 Å². The number of anilines is 2. The number of hydrogen-bond acceptors (Lipinski definition) is 3. The molecule has 2 aromatic rings. The van der Waals surface area contributed by atoms with Crippen LogP contribution in [0.5, 0.6) is 0 Å². The van der Waals surface area contributed by atoms with Crippen LogP contribution in [-0.2, 0) is 7.05 Å². The van der Waals surface area contributed by atoms with Crippen molar-refractivity contribution >= 4 is 33.2 Å². The van der Waals surface area contributed by atoms with Gasteiger partial charge in [-0.05, 0) is 37.1 Å². The normalized spacial score (nSPS) is 10.5. The summed E-state index contributed by atoms with van der Waals surface area (Å²) < 4.78 is 2.56. The maximum absolute atomic E-state index is 12.1. The first kappa shape index (κ1) is 13.6. The van der Waals surface area contributed by atoms with Crippen LogP contribution < -0.4 is 11.1 Å². The summed E-state index contributed by atoms with van der Waals surface area (Å²) in [6, 6.07) is 3.79. The van der Waals surface area contributed by atoms with E-state index in [-0.39, 0.29) is 11.6 Å². The Morgan fingerprint density at radius 2 is 1.95 bits per heavy atom. The van der Waals surface area contributed by atoms with E-state index in [9.17, 15) is 4.79 Å². The van der Waals surface area contributed by atoms with E-state index in [4.69, 9.17) is 5.73 Å². The Morgan fingerprint density at radius 3 is 2.42 bits per heavy atom. The number of aryl methyl sites for hydroxylation is 3. The Kier molecular flexibility index (Phi) is 3.61. The SMILES string of the molecule is Cc1cc(NC(=O)c2nn(C)cc2N)cc(C)c1Br. The van der Waals surface area contributed by atoms with E-state index < -0.39 is 0 Å². The van der Waals surface area contributed by atoms with E-state index in [1.807, 2.05) is 26.0 Å². The van der Waals surface area contributed by atoms with E-state index in [2.05, 4.69) is 26.3 Å². The number of hydrogen-bond donors (Lipinski definition) is 2. The maximum atomic E-state index is 12.1. The second-order valence-electron chi connectivity index (χ2n) is 4.48. The number of rotatable bonds is 2. The van der Waals surface area contributed by atoms with E-state index in [0.29, 0.717) is 5.69 Å². The molecule has 1 aromatic carbocycles. The third-order valence-corrected chi connectivity index (χ3v) is 4.02. The number of halogens is 1. The lowest BCUT2D eigenvalue weighted by atomic mass is 10.1. The molecule has 6 heteroatoms. The van der Waals surface area contributed by atoms with Crippen molar-refractivity contribution in [2.24, 2.45) is 7.05 Å². The standard InChI is InChI=1S/C13H15BrN4O/c1-7-4-9(5-8(2)11(7)14)16-13(19)12-10(15)6-18(3)17-12/h4-6H,15H2,1-3H3,(H,16,19). The highest BCUT2D eigenvalue weighted by atomic mass is 79.9. The molecule has 0 unspecified atom stereocenters. The first-order valence-corrected chi connectivity index (χ1v) is 6.55. The molecule has 0 bridgehead atoms. The summed E-state index contributed by atoms with van der Waals surface area (Å²) in [4.78, 5) is 12.1. The van der Waals surface area contributed by atoms with Crippen LogP contribution >= 0.6 is 15.9 Å². The van der Waals surface area contributed by atoms with Gasteiger partial charge in [0.2, 0.25) is 0 Å². The van der Waals surface area contributed by atoms with Gasteiger partial charge in [0.1, 0.15) is 0 Å². The highest BCUT2D eigenvalue weighted by Crippen LogP contribution is 2.25. The van der Waals surface area contributed by atoms with Gasteiger partial charge in [-0.2, -0.15) is 5.10 Å². The molecule has 0 fully saturated rings. The van der Waals surface area contributed by atoms with Crippen LogP contribution in [0, 0.1) is 13.8 Å². The van der Waals surface area contributed by atoms with Crippen LogP contribution in [0.3, 0.4) is 0 Å². The van der Waals surface area contributed by atoms with Crippen molar-refractivity contribution in [3.8, 4) is 0 Å². The molecule has 0 radical (unpaired) electrons. The van der Waals surface area contributed by atoms with Crippen molar-refractivity contribution in [1.82, 2.24) is 9.78 Å². The van der Waals surface area contributed by atoms with Gasteiger partial charge in [-0.3, -0.25) is 9.48 Å². The third-order valence-electron chi connectivity index (χ3n) is 2.77. The Bertz CT molecular complexity index is 625. The molecule has 3 N–H and O–H groups in total. The van der Waals surface area contributed by atoms with Crippen molar-refractivity contribution in [3.63, 3.8) is 0 Å². The summed E-state index contributed by atoms with van der Waals surface area (Å²) in [5, 5.41) is 6.84. The Morgan fingerprint density at radius 1 is 1.37 bits per heavy atom. The quantitative estimate of drug-likeness (QED) is 0.892. The van der Waals surface area contributed by atoms with Gasteiger partial charge in [0.05, 0.1) is 5.69 Å². The fourth-order valence-electron chi connectivity index (χ4n) is 1.89. The van der Waals surface area contributed by atoms with Gasteiger partial charge in [-0.15, -0.1) is 0 Å². The number of carbonyl (C=O) groups excluding carboxylic acids is 1. The Labute approximate surface area is 119 Å². The molecule has 0 aliphatic carbocycles. The summed E-state index contributed by atoms with van der Waals surface area (Å²) in [5.74, 6) is -0.306. The molecule has 0 atom stereocenters. The van der Waals surface area contributed by atoms with Gasteiger partial charge < -0.3 is 11.1 Å². The van der Waals surface area contributed by atoms with Crippen molar-refractivity contribution in [2.45, 2.75) is 13.8 Å². The maximum Gasteiger partial charge on any atom is 0.278 e. The molecular formula is C13H15BrN4O. The highest BCUT2D eigenvalue weighted by molar-refractivity contribution is 9.10. The van der Waals surface area contributed by atoms with Crippen molar-refractivity contribution in [1.29, 1.82) is 0 Å². The van der Waals surface area contributed by atoms with E-state index in [0.717, 1.165) is 21.3 Å². The molecule has 0 saturated heterocycles. The minimum Gasteiger partial charge on any atom is -0.396 e. The molecule has 1 aromatic heterocycles. The summed E-state index contributed by atoms with van der Waals surface area (Å²) in [7, 11) is 1.72. The van der Waals surface area contributed by atoms with Gasteiger partial charge >= 0.3 is 0 Å². The van der Waals surface area contributed by atoms with Gasteiger partial charge in [-0.25, -0.2) is 0 Å². The number of benzene rings is 1. The zero-order valence-corrected chi connectivity index (χ0v) is 12.6. The lowest BCUT2D eigenvalue weighted by molar-refractivity contribution is 0.102. The van der Waals surface area contributed by atoms with Gasteiger partial charge in [0.25, 0.3) is 5.91 Å². The highest BCUT2D eigenvalue weighted by Gasteiger charge is 2.14. The largest absolute Gasteiger partial charge is 0.396 e. The van der Waals surface area contributed by atoms with Crippen LogP contribution in [0.4, 0.5) is 11.4 Å². The topological polar surface area (TPSA) is 72.9 Å². The first-order valence-electron chi connectivity index (χ1n) is 5.75. The predicted molar refractivity (Wildman–Crippen MR) is 79.2 cm³/mol. The number of aromatic nitrogens is 2. The van der Waals surface area contributed by atoms with Crippen molar-refractivity contribution in [3.05, 3.63) is 39.6 Å². The first-order chi connectivity index (χ1) is 8.88. The zero-order valence-electron chi connectivity index (χ0n) is 11.0. The van der Waals surface area contributed by atoms with E-state index in [1.165, 1.54) is 4.68 Å². The second-order valence-corrected chi connectivity index (χ2v) is 5.28. The third kappa shape index (κ3) is 2.78. The zero-order chi connectivity index (χ0) is 14.2. The molecule has 0 saturated carbocycles. The fraction of sp³-hybridized carbons (Fsp3) is 0.231. The number of nitrogens with two attached hydrogens (primary N) is 1. The Balaban J connectivity index is 2.27. The van der Waals surface area contributed by atoms with Crippen molar-refractivity contribution in [2.75, 3.05) is 11.1 Å². The molecule has 19 heavy (non-hydrogen) atoms. The Hall–Kier alpha value is -1.82. The molecule has 0 spiro atoms. The number of nitrogen functional groups attached to an aromatic ring is 1. The van der Waals surface area contributed by atoms with Crippen LogP contribution in [-0.4, -0.2) is 15.7 Å². The molecular weight excluding hydrogens is 308 g/mol. The van der Waals surface area contributed by atoms with Crippen LogP contribution in [0.2, 0.25) is 0 Å². The molecule has 1 amide bonds. The van der Waals surface area contributed by atoms with Crippen molar-refractivity contribution < 1.29 is 4.79 Å². The van der Waals surface area contributed by atoms with Gasteiger partial charge in [0, 0.05) is 23.4 Å². The summed E-state index contributed by atoms with van der Waals surface area (Å²) in [5.41, 5.74) is 9.18. The van der Waals surface area contributed by atoms with Crippen LogP contribution in [0.1, 0.15) is 21.6 Å². The average Bonchev–Trinajstić information content (AvgIpc) is 2.65.